The second-order valence-corrected chi connectivity index (χ2v) is 6.59. The fourth-order valence-corrected chi connectivity index (χ4v) is 3.09. The normalized spacial score (nSPS) is 16.8. The van der Waals surface area contributed by atoms with E-state index in [9.17, 15) is 0 Å². The Kier molecular flexibility index (Phi) is 10.2. The van der Waals surface area contributed by atoms with Gasteiger partial charge in [-0.3, -0.25) is 4.99 Å². The molecule has 0 unspecified atom stereocenters. The molecule has 148 valence electrons. The first-order valence-electron chi connectivity index (χ1n) is 9.59. The zero-order chi connectivity index (χ0) is 18.5. The average molecular weight is 367 g/mol. The van der Waals surface area contributed by atoms with Crippen molar-refractivity contribution in [3.05, 3.63) is 24.2 Å². The monoisotopic (exact) mass is 366 g/mol. The van der Waals surface area contributed by atoms with Crippen molar-refractivity contribution in [1.82, 2.24) is 15.5 Å². The van der Waals surface area contributed by atoms with E-state index in [0.29, 0.717) is 19.2 Å². The van der Waals surface area contributed by atoms with Crippen molar-refractivity contribution in [2.24, 2.45) is 4.99 Å². The molecular weight excluding hydrogens is 332 g/mol. The first-order chi connectivity index (χ1) is 12.8. The molecule has 0 amide bonds. The molecule has 7 nitrogen and oxygen atoms in total. The van der Waals surface area contributed by atoms with Gasteiger partial charge in [-0.2, -0.15) is 0 Å². The molecular formula is C19H34N4O3. The van der Waals surface area contributed by atoms with Crippen LogP contribution in [0.1, 0.15) is 25.0 Å². The van der Waals surface area contributed by atoms with Gasteiger partial charge >= 0.3 is 0 Å². The van der Waals surface area contributed by atoms with Crippen molar-refractivity contribution in [1.29, 1.82) is 0 Å². The van der Waals surface area contributed by atoms with E-state index in [1.807, 2.05) is 12.1 Å². The van der Waals surface area contributed by atoms with E-state index in [-0.39, 0.29) is 0 Å². The number of hydrogen-bond acceptors (Lipinski definition) is 5. The molecule has 0 aliphatic carbocycles. The molecule has 1 aliphatic heterocycles. The minimum absolute atomic E-state index is 0.464. The Hall–Kier alpha value is -1.57. The standard InChI is InChI=1S/C19H34N4O3/c1-24-14-4-11-23-12-7-17(8-13-23)22-19(21-10-16-25-2)20-9-6-18-5-3-15-26-18/h3,5,15,17H,4,6-14,16H2,1-2H3,(H2,20,21,22). The van der Waals surface area contributed by atoms with E-state index in [4.69, 9.17) is 13.9 Å². The highest BCUT2D eigenvalue weighted by atomic mass is 16.5. The Morgan fingerprint density at radius 1 is 1.27 bits per heavy atom. The third kappa shape index (κ3) is 8.21. The van der Waals surface area contributed by atoms with E-state index >= 15 is 0 Å². The van der Waals surface area contributed by atoms with Gasteiger partial charge in [-0.1, -0.05) is 0 Å². The maximum absolute atomic E-state index is 5.38. The van der Waals surface area contributed by atoms with Gasteiger partial charge < -0.3 is 29.4 Å². The van der Waals surface area contributed by atoms with Gasteiger partial charge in [0.05, 0.1) is 19.4 Å². The fraction of sp³-hybridized carbons (Fsp3) is 0.737. The Labute approximate surface area is 157 Å². The molecule has 2 heterocycles. The van der Waals surface area contributed by atoms with Crippen LogP contribution < -0.4 is 10.6 Å². The Morgan fingerprint density at radius 3 is 2.77 bits per heavy atom. The number of methoxy groups -OCH3 is 2. The molecule has 0 atom stereocenters. The van der Waals surface area contributed by atoms with Crippen LogP contribution in [0.15, 0.2) is 27.8 Å². The van der Waals surface area contributed by atoms with Gasteiger partial charge in [0.15, 0.2) is 5.96 Å². The second kappa shape index (κ2) is 12.7. The third-order valence-corrected chi connectivity index (χ3v) is 4.56. The van der Waals surface area contributed by atoms with Gasteiger partial charge in [0, 0.05) is 59.5 Å². The van der Waals surface area contributed by atoms with Crippen LogP contribution in [-0.4, -0.2) is 77.1 Å². The van der Waals surface area contributed by atoms with Crippen molar-refractivity contribution in [3.8, 4) is 0 Å². The topological polar surface area (TPSA) is 71.3 Å². The summed E-state index contributed by atoms with van der Waals surface area (Å²) < 4.78 is 15.6. The number of guanidine groups is 1. The molecule has 26 heavy (non-hydrogen) atoms. The number of ether oxygens (including phenoxy) is 2. The molecule has 1 aliphatic rings. The number of piperidine rings is 1. The lowest BCUT2D eigenvalue weighted by atomic mass is 10.1. The second-order valence-electron chi connectivity index (χ2n) is 6.59. The molecule has 0 radical (unpaired) electrons. The summed E-state index contributed by atoms with van der Waals surface area (Å²) >= 11 is 0. The van der Waals surface area contributed by atoms with Gasteiger partial charge in [0.1, 0.15) is 5.76 Å². The summed E-state index contributed by atoms with van der Waals surface area (Å²) in [7, 11) is 3.46. The molecule has 1 aromatic heterocycles. The maximum Gasteiger partial charge on any atom is 0.191 e. The van der Waals surface area contributed by atoms with E-state index in [1.54, 1.807) is 20.5 Å². The number of likely N-dealkylation sites (tertiary alicyclic amines) is 1. The van der Waals surface area contributed by atoms with Crippen LogP contribution in [0.3, 0.4) is 0 Å². The third-order valence-electron chi connectivity index (χ3n) is 4.56. The van der Waals surface area contributed by atoms with Crippen LogP contribution in [0.2, 0.25) is 0 Å². The molecule has 1 fully saturated rings. The number of aliphatic imine (C=N–C) groups is 1. The molecule has 1 aromatic rings. The molecule has 2 rings (SSSR count). The summed E-state index contributed by atoms with van der Waals surface area (Å²) in [6, 6.07) is 4.38. The lowest BCUT2D eigenvalue weighted by Gasteiger charge is -2.33. The SMILES string of the molecule is COCCCN1CCC(NC(=NCCOC)NCCc2ccco2)CC1. The number of furan rings is 1. The van der Waals surface area contributed by atoms with Gasteiger partial charge in [-0.25, -0.2) is 0 Å². The lowest BCUT2D eigenvalue weighted by Crippen LogP contribution is -2.49. The van der Waals surface area contributed by atoms with E-state index in [1.165, 1.54) is 0 Å². The molecule has 7 heteroatoms. The van der Waals surface area contributed by atoms with Crippen molar-refractivity contribution in [3.63, 3.8) is 0 Å². The van der Waals surface area contributed by atoms with Crippen molar-refractivity contribution >= 4 is 5.96 Å². The van der Waals surface area contributed by atoms with E-state index in [0.717, 1.165) is 70.2 Å². The zero-order valence-electron chi connectivity index (χ0n) is 16.2. The smallest absolute Gasteiger partial charge is 0.191 e. The summed E-state index contributed by atoms with van der Waals surface area (Å²) in [6.45, 7) is 6.29. The minimum Gasteiger partial charge on any atom is -0.469 e. The first-order valence-corrected chi connectivity index (χ1v) is 9.59. The molecule has 2 N–H and O–H groups in total. The van der Waals surface area contributed by atoms with Crippen LogP contribution in [0.4, 0.5) is 0 Å². The highest BCUT2D eigenvalue weighted by molar-refractivity contribution is 5.80. The van der Waals surface area contributed by atoms with Gasteiger partial charge in [0.25, 0.3) is 0 Å². The highest BCUT2D eigenvalue weighted by Crippen LogP contribution is 2.10. The van der Waals surface area contributed by atoms with Gasteiger partial charge in [-0.05, 0) is 31.4 Å². The maximum atomic E-state index is 5.38. The Balaban J connectivity index is 1.72. The van der Waals surface area contributed by atoms with Crippen molar-refractivity contribution < 1.29 is 13.9 Å². The Bertz CT molecular complexity index is 485. The number of rotatable bonds is 11. The van der Waals surface area contributed by atoms with Crippen LogP contribution >= 0.6 is 0 Å². The van der Waals surface area contributed by atoms with Crippen LogP contribution in [0, 0.1) is 0 Å². The van der Waals surface area contributed by atoms with Gasteiger partial charge in [0.2, 0.25) is 0 Å². The summed E-state index contributed by atoms with van der Waals surface area (Å²) in [6.07, 6.45) is 5.93. The highest BCUT2D eigenvalue weighted by Gasteiger charge is 2.19. The molecule has 1 saturated heterocycles. The molecule has 0 saturated carbocycles. The van der Waals surface area contributed by atoms with E-state index in [2.05, 4.69) is 20.5 Å². The largest absolute Gasteiger partial charge is 0.469 e. The average Bonchev–Trinajstić information content (AvgIpc) is 3.17. The van der Waals surface area contributed by atoms with Gasteiger partial charge in [-0.15, -0.1) is 0 Å². The fourth-order valence-electron chi connectivity index (χ4n) is 3.09. The van der Waals surface area contributed by atoms with Crippen LogP contribution in [0.25, 0.3) is 0 Å². The number of nitrogens with zero attached hydrogens (tertiary/aromatic N) is 2. The molecule has 0 aromatic carbocycles. The predicted octanol–water partition coefficient (Wildman–Crippen LogP) is 1.50. The minimum atomic E-state index is 0.464. The number of nitrogens with one attached hydrogen (secondary N) is 2. The van der Waals surface area contributed by atoms with Crippen molar-refractivity contribution in [2.45, 2.75) is 31.7 Å². The Morgan fingerprint density at radius 2 is 2.08 bits per heavy atom. The summed E-state index contributed by atoms with van der Waals surface area (Å²) in [4.78, 5) is 7.13. The summed E-state index contributed by atoms with van der Waals surface area (Å²) in [5.74, 6) is 1.85. The quantitative estimate of drug-likeness (QED) is 0.351. The summed E-state index contributed by atoms with van der Waals surface area (Å²) in [5, 5.41) is 6.99. The molecule has 0 bridgehead atoms. The number of hydrogen-bond donors (Lipinski definition) is 2. The van der Waals surface area contributed by atoms with E-state index < -0.39 is 0 Å². The first kappa shape index (κ1) is 20.7. The van der Waals surface area contributed by atoms with Crippen molar-refractivity contribution in [2.75, 3.05) is 60.2 Å². The predicted molar refractivity (Wildman–Crippen MR) is 104 cm³/mol. The van der Waals surface area contributed by atoms with Crippen LogP contribution in [0.5, 0.6) is 0 Å². The van der Waals surface area contributed by atoms with Crippen LogP contribution in [-0.2, 0) is 15.9 Å². The summed E-state index contributed by atoms with van der Waals surface area (Å²) in [5.41, 5.74) is 0. The molecule has 0 spiro atoms. The zero-order valence-corrected chi connectivity index (χ0v) is 16.2. The lowest BCUT2D eigenvalue weighted by molar-refractivity contribution is 0.155.